The van der Waals surface area contributed by atoms with Crippen molar-refractivity contribution in [2.45, 2.75) is 25.8 Å². The highest BCUT2D eigenvalue weighted by Gasteiger charge is 2.21. The molecule has 210 valence electrons. The summed E-state index contributed by atoms with van der Waals surface area (Å²) in [6.45, 7) is 3.37. The number of ketones is 1. The van der Waals surface area contributed by atoms with Crippen LogP contribution in [0.15, 0.2) is 103 Å². The fourth-order valence-corrected chi connectivity index (χ4v) is 4.43. The molecular weight excluding hydrogens is 518 g/mol. The zero-order chi connectivity index (χ0) is 29.0. The van der Waals surface area contributed by atoms with E-state index in [1.807, 2.05) is 25.1 Å². The van der Waals surface area contributed by atoms with Gasteiger partial charge in [0.1, 0.15) is 18.4 Å². The summed E-state index contributed by atoms with van der Waals surface area (Å²) in [6, 6.07) is 25.6. The number of aliphatic carboxylic acids is 1. The zero-order valence-electron chi connectivity index (χ0n) is 22.9. The normalized spacial score (nSPS) is 11.3. The van der Waals surface area contributed by atoms with Crippen LogP contribution in [0.3, 0.4) is 0 Å². The summed E-state index contributed by atoms with van der Waals surface area (Å²) >= 11 is 0. The highest BCUT2D eigenvalue weighted by molar-refractivity contribution is 6.12. The van der Waals surface area contributed by atoms with Gasteiger partial charge in [0.2, 0.25) is 0 Å². The molecule has 0 unspecified atom stereocenters. The Balaban J connectivity index is 1.36. The average Bonchev–Trinajstić information content (AvgIpc) is 3.01. The van der Waals surface area contributed by atoms with E-state index < -0.39 is 12.0 Å². The maximum atomic E-state index is 13.1. The molecule has 0 radical (unpaired) electrons. The molecule has 0 aliphatic heterocycles. The van der Waals surface area contributed by atoms with Gasteiger partial charge < -0.3 is 20.1 Å². The van der Waals surface area contributed by atoms with Crippen molar-refractivity contribution in [3.63, 3.8) is 0 Å². The van der Waals surface area contributed by atoms with Crippen LogP contribution in [0, 0.1) is 0 Å². The molecule has 0 aliphatic rings. The van der Waals surface area contributed by atoms with Gasteiger partial charge in [0.05, 0.1) is 12.1 Å². The second-order valence-corrected chi connectivity index (χ2v) is 9.51. The Morgan fingerprint density at radius 1 is 0.878 bits per heavy atom. The number of nitrogens with one attached hydrogen (secondary N) is 1. The Morgan fingerprint density at radius 2 is 1.59 bits per heavy atom. The van der Waals surface area contributed by atoms with Crippen LogP contribution in [0.2, 0.25) is 0 Å². The third-order valence-corrected chi connectivity index (χ3v) is 6.52. The molecule has 8 nitrogen and oxygen atoms in total. The van der Waals surface area contributed by atoms with Gasteiger partial charge in [0, 0.05) is 42.2 Å². The quantitative estimate of drug-likeness (QED) is 0.203. The van der Waals surface area contributed by atoms with E-state index in [2.05, 4.69) is 10.3 Å². The monoisotopic (exact) mass is 551 g/mol. The van der Waals surface area contributed by atoms with E-state index in [-0.39, 0.29) is 18.1 Å². The van der Waals surface area contributed by atoms with Crippen LogP contribution in [-0.2, 0) is 11.2 Å². The first-order valence-corrected chi connectivity index (χ1v) is 13.6. The molecule has 1 amide bonds. The third-order valence-electron chi connectivity index (χ3n) is 6.52. The number of benzene rings is 3. The van der Waals surface area contributed by atoms with Crippen molar-refractivity contribution in [3.05, 3.63) is 126 Å². The molecule has 4 rings (SSSR count). The zero-order valence-corrected chi connectivity index (χ0v) is 22.9. The molecule has 0 bridgehead atoms. The van der Waals surface area contributed by atoms with Crippen molar-refractivity contribution in [2.24, 2.45) is 0 Å². The molecule has 0 saturated heterocycles. The Morgan fingerprint density at radius 3 is 2.27 bits per heavy atom. The van der Waals surface area contributed by atoms with Crippen molar-refractivity contribution in [1.82, 2.24) is 9.88 Å². The van der Waals surface area contributed by atoms with E-state index in [4.69, 9.17) is 4.74 Å². The number of aromatic nitrogens is 1. The summed E-state index contributed by atoms with van der Waals surface area (Å²) in [6.07, 6.45) is 4.22. The van der Waals surface area contributed by atoms with E-state index in [0.29, 0.717) is 47.8 Å². The SMILES string of the molecule is CCCN(CCOc1ccc(C[C@H](Nc2ccccc2C(=O)c2ccccc2)C(=O)O)cc1)C(=O)c1cccnc1. The van der Waals surface area contributed by atoms with Gasteiger partial charge in [-0.25, -0.2) is 4.79 Å². The van der Waals surface area contributed by atoms with Gasteiger partial charge in [-0.05, 0) is 48.4 Å². The molecule has 3 aromatic carbocycles. The fourth-order valence-electron chi connectivity index (χ4n) is 4.43. The number of ether oxygens (including phenoxy) is 1. The summed E-state index contributed by atoms with van der Waals surface area (Å²) in [7, 11) is 0. The molecule has 41 heavy (non-hydrogen) atoms. The van der Waals surface area contributed by atoms with E-state index in [9.17, 15) is 19.5 Å². The van der Waals surface area contributed by atoms with Crippen molar-refractivity contribution in [3.8, 4) is 5.75 Å². The van der Waals surface area contributed by atoms with Crippen LogP contribution in [0.25, 0.3) is 0 Å². The van der Waals surface area contributed by atoms with Crippen molar-refractivity contribution < 1.29 is 24.2 Å². The van der Waals surface area contributed by atoms with Crippen molar-refractivity contribution in [2.75, 3.05) is 25.0 Å². The van der Waals surface area contributed by atoms with Crippen LogP contribution in [0.5, 0.6) is 5.75 Å². The summed E-state index contributed by atoms with van der Waals surface area (Å²) < 4.78 is 5.88. The molecule has 4 aromatic rings. The predicted octanol–water partition coefficient (Wildman–Crippen LogP) is 5.35. The molecule has 2 N–H and O–H groups in total. The van der Waals surface area contributed by atoms with E-state index in [1.54, 1.807) is 90.1 Å². The van der Waals surface area contributed by atoms with Gasteiger partial charge in [-0.3, -0.25) is 14.6 Å². The second-order valence-electron chi connectivity index (χ2n) is 9.51. The molecule has 0 saturated carbocycles. The number of amides is 1. The Kier molecular flexibility index (Phi) is 10.2. The van der Waals surface area contributed by atoms with Crippen LogP contribution in [0.1, 0.15) is 45.2 Å². The van der Waals surface area contributed by atoms with Gasteiger partial charge in [-0.15, -0.1) is 0 Å². The number of anilines is 1. The van der Waals surface area contributed by atoms with Gasteiger partial charge in [-0.2, -0.15) is 0 Å². The largest absolute Gasteiger partial charge is 0.492 e. The Bertz CT molecular complexity index is 1440. The lowest BCUT2D eigenvalue weighted by Gasteiger charge is -2.22. The highest BCUT2D eigenvalue weighted by atomic mass is 16.5. The van der Waals surface area contributed by atoms with Gasteiger partial charge in [-0.1, -0.05) is 61.5 Å². The van der Waals surface area contributed by atoms with E-state index in [0.717, 1.165) is 12.0 Å². The number of carbonyl (C=O) groups excluding carboxylic acids is 2. The number of carboxylic acid groups (broad SMARTS) is 1. The van der Waals surface area contributed by atoms with E-state index in [1.165, 1.54) is 0 Å². The van der Waals surface area contributed by atoms with Gasteiger partial charge >= 0.3 is 5.97 Å². The molecule has 0 spiro atoms. The van der Waals surface area contributed by atoms with Crippen LogP contribution in [-0.4, -0.2) is 58.4 Å². The number of hydrogen-bond acceptors (Lipinski definition) is 6. The number of pyridine rings is 1. The first-order valence-electron chi connectivity index (χ1n) is 13.6. The standard InChI is InChI=1S/C33H33N3O5/c1-2-19-36(32(38)26-11-8-18-34-23-26)20-21-41-27-16-14-24(15-17-27)22-30(33(39)40)35-29-13-7-6-12-28(29)31(37)25-9-4-3-5-10-25/h3-18,23,30,35H,2,19-22H2,1H3,(H,39,40)/t30-/m0/s1. The lowest BCUT2D eigenvalue weighted by molar-refractivity contribution is -0.137. The minimum Gasteiger partial charge on any atom is -0.492 e. The first-order chi connectivity index (χ1) is 20.0. The summed E-state index contributed by atoms with van der Waals surface area (Å²) in [5.41, 5.74) is 2.74. The predicted molar refractivity (Wildman–Crippen MR) is 157 cm³/mol. The van der Waals surface area contributed by atoms with Crippen LogP contribution >= 0.6 is 0 Å². The molecule has 0 aliphatic carbocycles. The van der Waals surface area contributed by atoms with E-state index >= 15 is 0 Å². The Hall–Kier alpha value is -4.98. The fraction of sp³-hybridized carbons (Fsp3) is 0.212. The minimum absolute atomic E-state index is 0.0850. The average molecular weight is 552 g/mol. The summed E-state index contributed by atoms with van der Waals surface area (Å²) in [5, 5.41) is 13.0. The molecule has 1 heterocycles. The third kappa shape index (κ3) is 8.02. The topological polar surface area (TPSA) is 109 Å². The molecule has 1 aromatic heterocycles. The van der Waals surface area contributed by atoms with Crippen LogP contribution in [0.4, 0.5) is 5.69 Å². The lowest BCUT2D eigenvalue weighted by atomic mass is 10.00. The number of hydrogen-bond donors (Lipinski definition) is 2. The second kappa shape index (κ2) is 14.4. The molecule has 1 atom stereocenters. The van der Waals surface area contributed by atoms with Gasteiger partial charge in [0.25, 0.3) is 5.91 Å². The van der Waals surface area contributed by atoms with Gasteiger partial charge in [0.15, 0.2) is 5.78 Å². The summed E-state index contributed by atoms with van der Waals surface area (Å²) in [5.74, 6) is -0.670. The number of para-hydroxylation sites is 1. The number of rotatable bonds is 14. The van der Waals surface area contributed by atoms with Crippen LogP contribution < -0.4 is 10.1 Å². The number of carbonyl (C=O) groups is 3. The Labute approximate surface area is 239 Å². The van der Waals surface area contributed by atoms with Crippen molar-refractivity contribution >= 4 is 23.3 Å². The summed E-state index contributed by atoms with van der Waals surface area (Å²) in [4.78, 5) is 43.8. The first kappa shape index (κ1) is 29.0. The highest BCUT2D eigenvalue weighted by Crippen LogP contribution is 2.22. The minimum atomic E-state index is -1.03. The molecular formula is C33H33N3O5. The smallest absolute Gasteiger partial charge is 0.326 e. The number of carboxylic acids is 1. The molecule has 0 fully saturated rings. The number of nitrogens with zero attached hydrogens (tertiary/aromatic N) is 2. The maximum absolute atomic E-state index is 13.1. The maximum Gasteiger partial charge on any atom is 0.326 e. The van der Waals surface area contributed by atoms with Crippen molar-refractivity contribution in [1.29, 1.82) is 0 Å². The molecule has 8 heteroatoms. The lowest BCUT2D eigenvalue weighted by Crippen LogP contribution is -2.35.